The first kappa shape index (κ1) is 13.7. The molecule has 0 amide bonds. The zero-order chi connectivity index (χ0) is 15.2. The predicted octanol–water partition coefficient (Wildman–Crippen LogP) is 2.02. The lowest BCUT2D eigenvalue weighted by Gasteiger charge is -2.14. The largest absolute Gasteiger partial charge is 0.480 e. The molecule has 0 radical (unpaired) electrons. The van der Waals surface area contributed by atoms with Crippen LogP contribution in [0.4, 0.5) is 19.0 Å². The second-order valence-corrected chi connectivity index (χ2v) is 4.93. The summed E-state index contributed by atoms with van der Waals surface area (Å²) in [5.41, 5.74) is -0.950. The minimum Gasteiger partial charge on any atom is -0.480 e. The number of anilines is 1. The molecule has 0 aliphatic heterocycles. The topological polar surface area (TPSA) is 79.5 Å². The SMILES string of the molecule is O=C(O)C(Nc1nccn2nc(C(F)(F)F)cc12)C1CC1. The van der Waals surface area contributed by atoms with Gasteiger partial charge in [-0.1, -0.05) is 0 Å². The molecule has 2 aromatic rings. The Balaban J connectivity index is 1.98. The van der Waals surface area contributed by atoms with Crippen LogP contribution in [0.3, 0.4) is 0 Å². The first-order chi connectivity index (χ1) is 9.86. The number of carboxylic acid groups (broad SMARTS) is 1. The number of halogens is 3. The van der Waals surface area contributed by atoms with Crippen molar-refractivity contribution < 1.29 is 23.1 Å². The van der Waals surface area contributed by atoms with Crippen molar-refractivity contribution >= 4 is 17.3 Å². The Labute approximate surface area is 116 Å². The van der Waals surface area contributed by atoms with Crippen LogP contribution in [-0.4, -0.2) is 31.7 Å². The highest BCUT2D eigenvalue weighted by molar-refractivity contribution is 5.80. The number of hydrogen-bond donors (Lipinski definition) is 2. The first-order valence-corrected chi connectivity index (χ1v) is 6.27. The van der Waals surface area contributed by atoms with Crippen LogP contribution in [-0.2, 0) is 11.0 Å². The minimum atomic E-state index is -4.56. The van der Waals surface area contributed by atoms with E-state index in [1.165, 1.54) is 12.4 Å². The predicted molar refractivity (Wildman–Crippen MR) is 65.8 cm³/mol. The number of carboxylic acids is 1. The summed E-state index contributed by atoms with van der Waals surface area (Å²) < 4.78 is 39.1. The number of rotatable bonds is 4. The highest BCUT2D eigenvalue weighted by Crippen LogP contribution is 2.35. The molecule has 1 atom stereocenters. The summed E-state index contributed by atoms with van der Waals surface area (Å²) in [5, 5.41) is 15.3. The Morgan fingerprint density at radius 2 is 2.19 bits per heavy atom. The molecule has 0 bridgehead atoms. The van der Waals surface area contributed by atoms with Gasteiger partial charge in [0.2, 0.25) is 0 Å². The van der Waals surface area contributed by atoms with Gasteiger partial charge in [0.25, 0.3) is 0 Å². The fourth-order valence-electron chi connectivity index (χ4n) is 2.13. The van der Waals surface area contributed by atoms with Crippen LogP contribution in [0, 0.1) is 5.92 Å². The molecule has 2 aromatic heterocycles. The van der Waals surface area contributed by atoms with Crippen molar-refractivity contribution in [1.29, 1.82) is 0 Å². The van der Waals surface area contributed by atoms with E-state index in [0.717, 1.165) is 23.4 Å². The van der Waals surface area contributed by atoms with Crippen molar-refractivity contribution in [2.24, 2.45) is 5.92 Å². The van der Waals surface area contributed by atoms with Crippen molar-refractivity contribution in [2.75, 3.05) is 5.32 Å². The quantitative estimate of drug-likeness (QED) is 0.903. The second kappa shape index (κ2) is 4.61. The lowest BCUT2D eigenvalue weighted by Crippen LogP contribution is -2.31. The van der Waals surface area contributed by atoms with E-state index in [9.17, 15) is 18.0 Å². The molecule has 0 saturated heterocycles. The van der Waals surface area contributed by atoms with Gasteiger partial charge in [0, 0.05) is 18.5 Å². The average Bonchev–Trinajstić information content (AvgIpc) is 3.11. The Hall–Kier alpha value is -2.32. The van der Waals surface area contributed by atoms with Gasteiger partial charge in [0.15, 0.2) is 11.5 Å². The zero-order valence-corrected chi connectivity index (χ0v) is 10.6. The van der Waals surface area contributed by atoms with Crippen molar-refractivity contribution in [1.82, 2.24) is 14.6 Å². The summed E-state index contributed by atoms with van der Waals surface area (Å²) >= 11 is 0. The number of alkyl halides is 3. The molecule has 0 aromatic carbocycles. The maximum atomic E-state index is 12.7. The normalized spacial score (nSPS) is 16.9. The first-order valence-electron chi connectivity index (χ1n) is 6.27. The van der Waals surface area contributed by atoms with E-state index in [1.54, 1.807) is 0 Å². The third-order valence-corrected chi connectivity index (χ3v) is 3.33. The lowest BCUT2D eigenvalue weighted by atomic mass is 10.2. The standard InChI is InChI=1S/C12H11F3N4O2/c13-12(14,15)8-5-7-10(16-3-4-19(7)18-8)17-9(11(20)21)6-1-2-6/h3-6,9H,1-2H2,(H,16,17)(H,20,21). The Kier molecular flexibility index (Phi) is 2.99. The summed E-state index contributed by atoms with van der Waals surface area (Å²) in [5.74, 6) is -0.980. The average molecular weight is 300 g/mol. The van der Waals surface area contributed by atoms with Crippen molar-refractivity contribution in [3.8, 4) is 0 Å². The molecule has 21 heavy (non-hydrogen) atoms. The molecule has 9 heteroatoms. The van der Waals surface area contributed by atoms with Crippen molar-refractivity contribution in [3.63, 3.8) is 0 Å². The van der Waals surface area contributed by atoms with Gasteiger partial charge >= 0.3 is 12.1 Å². The van der Waals surface area contributed by atoms with E-state index in [2.05, 4.69) is 15.4 Å². The highest BCUT2D eigenvalue weighted by Gasteiger charge is 2.38. The van der Waals surface area contributed by atoms with Gasteiger partial charge in [-0.25, -0.2) is 14.3 Å². The monoisotopic (exact) mass is 300 g/mol. The molecular formula is C12H11F3N4O2. The molecule has 112 valence electrons. The van der Waals surface area contributed by atoms with E-state index in [-0.39, 0.29) is 17.3 Å². The number of fused-ring (bicyclic) bond motifs is 1. The van der Waals surface area contributed by atoms with Gasteiger partial charge in [-0.2, -0.15) is 18.3 Å². The van der Waals surface area contributed by atoms with E-state index in [0.29, 0.717) is 0 Å². The number of nitrogens with zero attached hydrogens (tertiary/aromatic N) is 3. The van der Waals surface area contributed by atoms with Gasteiger partial charge < -0.3 is 10.4 Å². The number of hydrogen-bond acceptors (Lipinski definition) is 4. The van der Waals surface area contributed by atoms with Crippen molar-refractivity contribution in [3.05, 3.63) is 24.2 Å². The third-order valence-electron chi connectivity index (χ3n) is 3.33. The molecule has 1 aliphatic rings. The number of aromatic nitrogens is 3. The summed E-state index contributed by atoms with van der Waals surface area (Å²) in [6.45, 7) is 0. The lowest BCUT2D eigenvalue weighted by molar-refractivity contribution is -0.141. The molecule has 3 rings (SSSR count). The molecule has 1 saturated carbocycles. The summed E-state index contributed by atoms with van der Waals surface area (Å²) in [7, 11) is 0. The van der Waals surface area contributed by atoms with Crippen molar-refractivity contribution in [2.45, 2.75) is 25.1 Å². The summed E-state index contributed by atoms with van der Waals surface area (Å²) in [6, 6.07) is -0.00541. The van der Waals surface area contributed by atoms with Crippen LogP contribution in [0.2, 0.25) is 0 Å². The van der Waals surface area contributed by atoms with Gasteiger partial charge in [-0.15, -0.1) is 0 Å². The third kappa shape index (κ3) is 2.63. The fraction of sp³-hybridized carbons (Fsp3) is 0.417. The van der Waals surface area contributed by atoms with Crippen LogP contribution in [0.15, 0.2) is 18.5 Å². The molecule has 6 nitrogen and oxygen atoms in total. The fourth-order valence-corrected chi connectivity index (χ4v) is 2.13. The highest BCUT2D eigenvalue weighted by atomic mass is 19.4. The molecule has 1 aliphatic carbocycles. The van der Waals surface area contributed by atoms with E-state index in [1.807, 2.05) is 0 Å². The Morgan fingerprint density at radius 3 is 2.76 bits per heavy atom. The molecular weight excluding hydrogens is 289 g/mol. The van der Waals surface area contributed by atoms with Crippen LogP contribution in [0.25, 0.3) is 5.52 Å². The van der Waals surface area contributed by atoms with E-state index >= 15 is 0 Å². The maximum absolute atomic E-state index is 12.7. The van der Waals surface area contributed by atoms with Gasteiger partial charge in [-0.3, -0.25) is 0 Å². The van der Waals surface area contributed by atoms with E-state index < -0.39 is 23.9 Å². The summed E-state index contributed by atoms with van der Waals surface area (Å²) in [6.07, 6.45) is -0.455. The van der Waals surface area contributed by atoms with Crippen LogP contribution in [0.5, 0.6) is 0 Å². The molecule has 2 heterocycles. The second-order valence-electron chi connectivity index (χ2n) is 4.93. The molecule has 0 spiro atoms. The smallest absolute Gasteiger partial charge is 0.435 e. The molecule has 1 fully saturated rings. The van der Waals surface area contributed by atoms with Crippen LogP contribution < -0.4 is 5.32 Å². The number of carbonyl (C=O) groups is 1. The van der Waals surface area contributed by atoms with Gasteiger partial charge in [0.05, 0.1) is 0 Å². The zero-order valence-electron chi connectivity index (χ0n) is 10.6. The molecule has 2 N–H and O–H groups in total. The van der Waals surface area contributed by atoms with Gasteiger partial charge in [0.1, 0.15) is 11.6 Å². The Morgan fingerprint density at radius 1 is 1.48 bits per heavy atom. The van der Waals surface area contributed by atoms with Crippen LogP contribution >= 0.6 is 0 Å². The number of aliphatic carboxylic acids is 1. The maximum Gasteiger partial charge on any atom is 0.435 e. The van der Waals surface area contributed by atoms with Gasteiger partial charge in [-0.05, 0) is 18.8 Å². The van der Waals surface area contributed by atoms with E-state index in [4.69, 9.17) is 5.11 Å². The molecule has 1 unspecified atom stereocenters. The number of nitrogens with one attached hydrogen (secondary N) is 1. The summed E-state index contributed by atoms with van der Waals surface area (Å²) in [4.78, 5) is 15.1. The Bertz CT molecular complexity index is 693. The van der Waals surface area contributed by atoms with Crippen LogP contribution in [0.1, 0.15) is 18.5 Å². The minimum absolute atomic E-state index is 0.0189.